The number of sulfonamides is 1. The van der Waals surface area contributed by atoms with Gasteiger partial charge in [-0.25, -0.2) is 18.9 Å². The summed E-state index contributed by atoms with van der Waals surface area (Å²) in [7, 11) is 0.441. The van der Waals surface area contributed by atoms with E-state index >= 15 is 0 Å². The van der Waals surface area contributed by atoms with E-state index in [1.165, 1.54) is 16.1 Å². The topological polar surface area (TPSA) is 106 Å². The zero-order chi connectivity index (χ0) is 23.6. The zero-order valence-corrected chi connectivity index (χ0v) is 20.7. The number of carbonyl (C=O) groups excluding carboxylic acids is 1. The fourth-order valence-electron chi connectivity index (χ4n) is 3.67. The third-order valence-electron chi connectivity index (χ3n) is 5.32. The van der Waals surface area contributed by atoms with Crippen molar-refractivity contribution in [3.63, 3.8) is 0 Å². The van der Waals surface area contributed by atoms with Gasteiger partial charge in [-0.05, 0) is 48.8 Å². The van der Waals surface area contributed by atoms with E-state index in [1.54, 1.807) is 28.9 Å². The predicted octanol–water partition coefficient (Wildman–Crippen LogP) is 2.56. The quantitative estimate of drug-likeness (QED) is 0.374. The molecule has 1 aliphatic heterocycles. The summed E-state index contributed by atoms with van der Waals surface area (Å²) in [6.07, 6.45) is 1.40. The molecule has 0 radical (unpaired) electrons. The summed E-state index contributed by atoms with van der Waals surface area (Å²) in [6, 6.07) is 9.20. The van der Waals surface area contributed by atoms with Crippen LogP contribution in [0.3, 0.4) is 0 Å². The normalized spacial score (nSPS) is 15.2. The number of amides is 1. The van der Waals surface area contributed by atoms with Crippen molar-refractivity contribution in [2.45, 2.75) is 11.4 Å². The zero-order valence-electron chi connectivity index (χ0n) is 18.3. The first-order chi connectivity index (χ1) is 15.8. The van der Waals surface area contributed by atoms with Gasteiger partial charge in [-0.3, -0.25) is 10.0 Å². The number of thiazole rings is 1. The van der Waals surface area contributed by atoms with Crippen molar-refractivity contribution in [2.75, 3.05) is 45.2 Å². The molecule has 0 spiro atoms. The van der Waals surface area contributed by atoms with E-state index in [-0.39, 0.29) is 4.90 Å². The highest BCUT2D eigenvalue weighted by molar-refractivity contribution is 7.89. The molecule has 3 heterocycles. The second-order valence-corrected chi connectivity index (χ2v) is 11.7. The van der Waals surface area contributed by atoms with Crippen molar-refractivity contribution < 1.29 is 18.4 Å². The number of nitrogens with one attached hydrogen (secondary N) is 1. The molecule has 0 aliphatic carbocycles. The van der Waals surface area contributed by atoms with E-state index in [0.717, 1.165) is 28.3 Å². The lowest BCUT2D eigenvalue weighted by molar-refractivity contribution is 0.0710. The molecule has 9 nitrogen and oxygen atoms in total. The minimum atomic E-state index is -3.61. The molecule has 4 rings (SSSR count). The molecule has 2 N–H and O–H groups in total. The molecule has 0 bridgehead atoms. The molecular weight excluding hydrogens is 482 g/mol. The Kier molecular flexibility index (Phi) is 7.12. The molecule has 12 heteroatoms. The Labute approximate surface area is 200 Å². The number of aromatic nitrogens is 1. The van der Waals surface area contributed by atoms with Crippen LogP contribution in [0.4, 0.5) is 5.13 Å². The third kappa shape index (κ3) is 5.10. The van der Waals surface area contributed by atoms with Crippen LogP contribution >= 0.6 is 22.7 Å². The number of rotatable bonds is 7. The highest BCUT2D eigenvalue weighted by Gasteiger charge is 2.29. The van der Waals surface area contributed by atoms with Gasteiger partial charge in [-0.1, -0.05) is 23.5 Å². The van der Waals surface area contributed by atoms with Gasteiger partial charge in [0.2, 0.25) is 10.0 Å². The van der Waals surface area contributed by atoms with Crippen molar-refractivity contribution in [3.05, 3.63) is 52.3 Å². The van der Waals surface area contributed by atoms with Crippen molar-refractivity contribution in [1.29, 1.82) is 0 Å². The molecule has 3 aromatic rings. The van der Waals surface area contributed by atoms with Gasteiger partial charge in [0.05, 0.1) is 11.1 Å². The van der Waals surface area contributed by atoms with Crippen molar-refractivity contribution in [1.82, 2.24) is 19.7 Å². The van der Waals surface area contributed by atoms with Gasteiger partial charge in [0.25, 0.3) is 5.91 Å². The van der Waals surface area contributed by atoms with Gasteiger partial charge in [-0.2, -0.15) is 4.31 Å². The number of hydroxylamine groups is 1. The Morgan fingerprint density at radius 2 is 1.85 bits per heavy atom. The molecule has 1 aromatic carbocycles. The highest BCUT2D eigenvalue weighted by atomic mass is 32.2. The molecule has 0 unspecified atom stereocenters. The van der Waals surface area contributed by atoms with Crippen LogP contribution in [0.15, 0.2) is 46.8 Å². The van der Waals surface area contributed by atoms with E-state index in [9.17, 15) is 13.2 Å². The van der Waals surface area contributed by atoms with Crippen LogP contribution in [0.2, 0.25) is 0 Å². The van der Waals surface area contributed by atoms with Gasteiger partial charge < -0.3 is 9.80 Å². The lowest BCUT2D eigenvalue weighted by Crippen LogP contribution is -2.48. The summed E-state index contributed by atoms with van der Waals surface area (Å²) in [5.74, 6) is -0.611. The van der Waals surface area contributed by atoms with E-state index in [2.05, 4.69) is 21.3 Å². The average molecular weight is 508 g/mol. The van der Waals surface area contributed by atoms with E-state index < -0.39 is 15.9 Å². The Bertz CT molecular complexity index is 1210. The molecule has 0 atom stereocenters. The van der Waals surface area contributed by atoms with Crippen LogP contribution in [0.1, 0.15) is 15.2 Å². The molecule has 1 aliphatic rings. The first-order valence-corrected chi connectivity index (χ1v) is 13.4. The smallest absolute Gasteiger partial charge is 0.286 e. The molecule has 2 aromatic heterocycles. The molecule has 176 valence electrons. The maximum Gasteiger partial charge on any atom is 0.286 e. The third-order valence-corrected chi connectivity index (χ3v) is 9.29. The van der Waals surface area contributed by atoms with Crippen LogP contribution in [-0.4, -0.2) is 74.0 Å². The summed E-state index contributed by atoms with van der Waals surface area (Å²) in [5.41, 5.74) is 3.82. The fraction of sp³-hybridized carbons (Fsp3) is 0.333. The van der Waals surface area contributed by atoms with Crippen molar-refractivity contribution in [2.24, 2.45) is 0 Å². The van der Waals surface area contributed by atoms with Crippen LogP contribution in [-0.2, 0) is 16.6 Å². The number of hydrogen-bond acceptors (Lipinski definition) is 9. The first-order valence-electron chi connectivity index (χ1n) is 10.3. The average Bonchev–Trinajstić information content (AvgIpc) is 3.48. The molecule has 1 fully saturated rings. The minimum Gasteiger partial charge on any atom is -0.345 e. The number of piperazine rings is 1. The standard InChI is InChI=1S/C21H25N5O4S3/c1-24(2)14-16-7-12-31-19(16)15-3-5-17(6-4-15)33(29,30)26-10-8-25(9-11-26)21-22-13-18(32-21)20(27)23-28/h3-7,12-13,28H,8-11,14H2,1-2H3,(H,23,27). The number of nitrogens with zero attached hydrogens (tertiary/aromatic N) is 4. The number of carbonyl (C=O) groups is 1. The van der Waals surface area contributed by atoms with Gasteiger partial charge >= 0.3 is 0 Å². The van der Waals surface area contributed by atoms with Gasteiger partial charge in [0, 0.05) is 37.6 Å². The molecule has 1 saturated heterocycles. The summed E-state index contributed by atoms with van der Waals surface area (Å²) >= 11 is 2.81. The minimum absolute atomic E-state index is 0.279. The number of benzene rings is 1. The van der Waals surface area contributed by atoms with Gasteiger partial charge in [0.15, 0.2) is 5.13 Å². The van der Waals surface area contributed by atoms with E-state index in [0.29, 0.717) is 36.2 Å². The maximum absolute atomic E-state index is 13.2. The second-order valence-electron chi connectivity index (χ2n) is 7.88. The molecular formula is C21H25N5O4S3. The van der Waals surface area contributed by atoms with Gasteiger partial charge in [0.1, 0.15) is 4.88 Å². The SMILES string of the molecule is CN(C)Cc1ccsc1-c1ccc(S(=O)(=O)N2CCN(c3ncc(C(=O)NO)s3)CC2)cc1. The second kappa shape index (κ2) is 9.87. The first kappa shape index (κ1) is 23.8. The Balaban J connectivity index is 1.43. The molecule has 0 saturated carbocycles. The lowest BCUT2D eigenvalue weighted by atomic mass is 10.1. The summed E-state index contributed by atoms with van der Waals surface area (Å²) in [5, 5.41) is 11.4. The number of hydrogen-bond donors (Lipinski definition) is 2. The monoisotopic (exact) mass is 507 g/mol. The van der Waals surface area contributed by atoms with Crippen molar-refractivity contribution in [3.8, 4) is 10.4 Å². The van der Waals surface area contributed by atoms with Crippen LogP contribution in [0, 0.1) is 0 Å². The Morgan fingerprint density at radius 3 is 2.48 bits per heavy atom. The molecule has 1 amide bonds. The highest BCUT2D eigenvalue weighted by Crippen LogP contribution is 2.32. The number of anilines is 1. The van der Waals surface area contributed by atoms with Crippen LogP contribution in [0.25, 0.3) is 10.4 Å². The summed E-state index contributed by atoms with van der Waals surface area (Å²) < 4.78 is 27.8. The summed E-state index contributed by atoms with van der Waals surface area (Å²) in [6.45, 7) is 2.41. The molecule has 33 heavy (non-hydrogen) atoms. The number of thiophene rings is 1. The Hall–Kier alpha value is -2.35. The van der Waals surface area contributed by atoms with Crippen molar-refractivity contribution >= 4 is 43.7 Å². The van der Waals surface area contributed by atoms with Gasteiger partial charge in [-0.15, -0.1) is 11.3 Å². The largest absolute Gasteiger partial charge is 0.345 e. The lowest BCUT2D eigenvalue weighted by Gasteiger charge is -2.33. The van der Waals surface area contributed by atoms with Crippen LogP contribution < -0.4 is 10.4 Å². The van der Waals surface area contributed by atoms with Crippen LogP contribution in [0.5, 0.6) is 0 Å². The fourth-order valence-corrected chi connectivity index (χ4v) is 6.88. The van der Waals surface area contributed by atoms with E-state index in [4.69, 9.17) is 5.21 Å². The Morgan fingerprint density at radius 1 is 1.15 bits per heavy atom. The predicted molar refractivity (Wildman–Crippen MR) is 129 cm³/mol. The maximum atomic E-state index is 13.2. The van der Waals surface area contributed by atoms with E-state index in [1.807, 2.05) is 31.1 Å². The summed E-state index contributed by atoms with van der Waals surface area (Å²) in [4.78, 5) is 21.5.